The van der Waals surface area contributed by atoms with Crippen molar-refractivity contribution in [2.45, 2.75) is 77.7 Å². The molecule has 0 aromatic carbocycles. The zero-order valence-electron chi connectivity index (χ0n) is 15.8. The van der Waals surface area contributed by atoms with Gasteiger partial charge in [0.1, 0.15) is 0 Å². The van der Waals surface area contributed by atoms with E-state index in [9.17, 15) is 0 Å². The first-order chi connectivity index (χ1) is 11.1. The van der Waals surface area contributed by atoms with E-state index in [2.05, 4.69) is 29.1 Å². The van der Waals surface area contributed by atoms with Gasteiger partial charge in [-0.25, -0.2) is 0 Å². The molecular weight excluding hydrogens is 411 g/mol. The van der Waals surface area contributed by atoms with E-state index in [1.165, 1.54) is 77.4 Å². The van der Waals surface area contributed by atoms with Crippen LogP contribution in [0.1, 0.15) is 71.6 Å². The highest BCUT2D eigenvalue weighted by molar-refractivity contribution is 14.0. The van der Waals surface area contributed by atoms with Crippen LogP contribution < -0.4 is 11.1 Å². The number of halogens is 1. The number of aliphatic imine (C=N–C) groups is 1. The Morgan fingerprint density at radius 3 is 2.29 bits per heavy atom. The molecule has 1 aliphatic carbocycles. The van der Waals surface area contributed by atoms with Crippen molar-refractivity contribution >= 4 is 29.9 Å². The Morgan fingerprint density at radius 2 is 1.71 bits per heavy atom. The first kappa shape index (κ1) is 22.0. The maximum Gasteiger partial charge on any atom is 0.188 e. The maximum absolute atomic E-state index is 6.11. The van der Waals surface area contributed by atoms with E-state index in [1.807, 2.05) is 0 Å². The Morgan fingerprint density at radius 1 is 1.08 bits per heavy atom. The first-order valence-electron chi connectivity index (χ1n) is 9.92. The molecule has 0 amide bonds. The number of nitrogens with two attached hydrogens (primary N) is 1. The van der Waals surface area contributed by atoms with Gasteiger partial charge in [0.25, 0.3) is 0 Å². The summed E-state index contributed by atoms with van der Waals surface area (Å²) in [4.78, 5) is 7.25. The fourth-order valence-corrected chi connectivity index (χ4v) is 3.74. The first-order valence-corrected chi connectivity index (χ1v) is 9.92. The lowest BCUT2D eigenvalue weighted by Gasteiger charge is -2.31. The third kappa shape index (κ3) is 8.88. The quantitative estimate of drug-likeness (QED) is 0.279. The maximum atomic E-state index is 6.11. The number of guanidine groups is 1. The number of hydrogen-bond acceptors (Lipinski definition) is 2. The van der Waals surface area contributed by atoms with Crippen molar-refractivity contribution in [1.29, 1.82) is 0 Å². The predicted octanol–water partition coefficient (Wildman–Crippen LogP) is 3.99. The number of rotatable bonds is 6. The monoisotopic (exact) mass is 450 g/mol. The van der Waals surface area contributed by atoms with Gasteiger partial charge in [-0.15, -0.1) is 24.0 Å². The van der Waals surface area contributed by atoms with Gasteiger partial charge in [0.2, 0.25) is 0 Å². The van der Waals surface area contributed by atoms with Gasteiger partial charge in [0.05, 0.1) is 0 Å². The molecule has 142 valence electrons. The summed E-state index contributed by atoms with van der Waals surface area (Å²) < 4.78 is 0. The zero-order chi connectivity index (χ0) is 16.5. The summed E-state index contributed by atoms with van der Waals surface area (Å²) in [7, 11) is 0. The van der Waals surface area contributed by atoms with E-state index in [1.54, 1.807) is 0 Å². The van der Waals surface area contributed by atoms with Crippen LogP contribution in [0.15, 0.2) is 4.99 Å². The lowest BCUT2D eigenvalue weighted by atomic mass is 9.96. The van der Waals surface area contributed by atoms with Crippen molar-refractivity contribution in [2.24, 2.45) is 22.6 Å². The van der Waals surface area contributed by atoms with Crippen molar-refractivity contribution in [1.82, 2.24) is 10.2 Å². The Bertz CT molecular complexity index is 343. The second-order valence-electron chi connectivity index (χ2n) is 8.03. The van der Waals surface area contributed by atoms with Gasteiger partial charge in [0, 0.05) is 12.6 Å². The molecular formula is C19H39IN4. The molecule has 0 spiro atoms. The second-order valence-corrected chi connectivity index (χ2v) is 8.03. The van der Waals surface area contributed by atoms with Gasteiger partial charge >= 0.3 is 0 Å². The van der Waals surface area contributed by atoms with Crippen molar-refractivity contribution < 1.29 is 0 Å². The van der Waals surface area contributed by atoms with Crippen LogP contribution in [0.25, 0.3) is 0 Å². The van der Waals surface area contributed by atoms with Crippen LogP contribution in [0.2, 0.25) is 0 Å². The van der Waals surface area contributed by atoms with Gasteiger partial charge < -0.3 is 16.0 Å². The van der Waals surface area contributed by atoms with Gasteiger partial charge in [-0.05, 0) is 63.6 Å². The molecule has 0 aromatic rings. The van der Waals surface area contributed by atoms with E-state index in [0.717, 1.165) is 18.4 Å². The van der Waals surface area contributed by atoms with Crippen LogP contribution >= 0.6 is 24.0 Å². The van der Waals surface area contributed by atoms with Crippen molar-refractivity contribution in [3.8, 4) is 0 Å². The van der Waals surface area contributed by atoms with Crippen LogP contribution in [-0.4, -0.2) is 43.1 Å². The molecule has 4 nitrogen and oxygen atoms in total. The second kappa shape index (κ2) is 12.3. The minimum Gasteiger partial charge on any atom is -0.370 e. The molecule has 3 N–H and O–H groups in total. The molecule has 0 radical (unpaired) electrons. The lowest BCUT2D eigenvalue weighted by Crippen LogP contribution is -2.40. The van der Waals surface area contributed by atoms with E-state index >= 15 is 0 Å². The summed E-state index contributed by atoms with van der Waals surface area (Å²) in [6, 6.07) is 0.555. The molecule has 2 rings (SSSR count). The summed E-state index contributed by atoms with van der Waals surface area (Å²) in [5.41, 5.74) is 6.11. The van der Waals surface area contributed by atoms with Gasteiger partial charge in [-0.2, -0.15) is 0 Å². The molecule has 1 aliphatic heterocycles. The van der Waals surface area contributed by atoms with E-state index in [-0.39, 0.29) is 24.0 Å². The Balaban J connectivity index is 0.00000288. The van der Waals surface area contributed by atoms with E-state index < -0.39 is 0 Å². The van der Waals surface area contributed by atoms with Gasteiger partial charge in [-0.3, -0.25) is 4.99 Å². The molecule has 0 unspecified atom stereocenters. The molecule has 0 bridgehead atoms. The van der Waals surface area contributed by atoms with Gasteiger partial charge in [0.15, 0.2) is 5.96 Å². The molecule has 0 atom stereocenters. The SMILES string of the molecule is CC(C)CCN1CCC(CN=C(N)NC2CCCCCC2)CC1.I. The highest BCUT2D eigenvalue weighted by Gasteiger charge is 2.19. The summed E-state index contributed by atoms with van der Waals surface area (Å²) in [6.45, 7) is 9.27. The Kier molecular flexibility index (Phi) is 11.3. The highest BCUT2D eigenvalue weighted by Crippen LogP contribution is 2.19. The summed E-state index contributed by atoms with van der Waals surface area (Å²) >= 11 is 0. The van der Waals surface area contributed by atoms with E-state index in [4.69, 9.17) is 5.73 Å². The van der Waals surface area contributed by atoms with Crippen molar-refractivity contribution in [2.75, 3.05) is 26.2 Å². The summed E-state index contributed by atoms with van der Waals surface area (Å²) in [6.07, 6.45) is 11.8. The molecule has 2 fully saturated rings. The van der Waals surface area contributed by atoms with Crippen LogP contribution in [-0.2, 0) is 0 Å². The number of piperidine rings is 1. The number of likely N-dealkylation sites (tertiary alicyclic amines) is 1. The molecule has 0 aromatic heterocycles. The smallest absolute Gasteiger partial charge is 0.188 e. The van der Waals surface area contributed by atoms with Crippen molar-refractivity contribution in [3.63, 3.8) is 0 Å². The van der Waals surface area contributed by atoms with Gasteiger partial charge in [-0.1, -0.05) is 39.5 Å². The summed E-state index contributed by atoms with van der Waals surface area (Å²) in [5, 5.41) is 3.46. The topological polar surface area (TPSA) is 53.6 Å². The molecule has 5 heteroatoms. The third-order valence-corrected chi connectivity index (χ3v) is 5.46. The van der Waals surface area contributed by atoms with Crippen molar-refractivity contribution in [3.05, 3.63) is 0 Å². The Labute approximate surface area is 166 Å². The fourth-order valence-electron chi connectivity index (χ4n) is 3.74. The predicted molar refractivity (Wildman–Crippen MR) is 115 cm³/mol. The number of nitrogens with one attached hydrogen (secondary N) is 1. The zero-order valence-corrected chi connectivity index (χ0v) is 18.1. The van der Waals surface area contributed by atoms with Crippen LogP contribution in [0, 0.1) is 11.8 Å². The fraction of sp³-hybridized carbons (Fsp3) is 0.947. The van der Waals surface area contributed by atoms with Crippen LogP contribution in [0.5, 0.6) is 0 Å². The number of hydrogen-bond donors (Lipinski definition) is 2. The molecule has 1 saturated carbocycles. The average Bonchev–Trinajstić information content (AvgIpc) is 2.80. The molecule has 2 aliphatic rings. The molecule has 1 saturated heterocycles. The normalized spacial score (nSPS) is 22.2. The lowest BCUT2D eigenvalue weighted by molar-refractivity contribution is 0.180. The molecule has 24 heavy (non-hydrogen) atoms. The standard InChI is InChI=1S/C19H38N4.HI/c1-16(2)9-12-23-13-10-17(11-14-23)15-21-19(20)22-18-7-5-3-4-6-8-18;/h16-18H,3-15H2,1-2H3,(H3,20,21,22);1H. The Hall–Kier alpha value is -0.0400. The van der Waals surface area contributed by atoms with Crippen LogP contribution in [0.4, 0.5) is 0 Å². The molecule has 1 heterocycles. The highest BCUT2D eigenvalue weighted by atomic mass is 127. The number of nitrogens with zero attached hydrogens (tertiary/aromatic N) is 2. The average molecular weight is 450 g/mol. The largest absolute Gasteiger partial charge is 0.370 e. The minimum absolute atomic E-state index is 0. The van der Waals surface area contributed by atoms with E-state index in [0.29, 0.717) is 12.0 Å². The third-order valence-electron chi connectivity index (χ3n) is 5.46. The summed E-state index contributed by atoms with van der Waals surface area (Å²) in [5.74, 6) is 2.21. The van der Waals surface area contributed by atoms with Crippen LogP contribution in [0.3, 0.4) is 0 Å². The minimum atomic E-state index is 0.